The predicted octanol–water partition coefficient (Wildman–Crippen LogP) is 1.70. The fourth-order valence-corrected chi connectivity index (χ4v) is 1.86. The van der Waals surface area contributed by atoms with E-state index in [1.165, 1.54) is 0 Å². The van der Waals surface area contributed by atoms with Crippen LogP contribution in [0.15, 0.2) is 18.6 Å². The minimum atomic E-state index is 0.379. The van der Waals surface area contributed by atoms with E-state index in [9.17, 15) is 0 Å². The lowest BCUT2D eigenvalue weighted by Crippen LogP contribution is -2.05. The number of fused-ring (bicyclic) bond motifs is 1. The molecule has 0 radical (unpaired) electrons. The van der Waals surface area contributed by atoms with Crippen LogP contribution < -0.4 is 5.32 Å². The van der Waals surface area contributed by atoms with Crippen LogP contribution in [0.1, 0.15) is 25.5 Å². The summed E-state index contributed by atoms with van der Waals surface area (Å²) in [7, 11) is 1.78. The number of aromatic nitrogens is 6. The van der Waals surface area contributed by atoms with Crippen molar-refractivity contribution in [3.05, 3.63) is 24.3 Å². The van der Waals surface area contributed by atoms with Crippen molar-refractivity contribution < 1.29 is 0 Å². The van der Waals surface area contributed by atoms with E-state index >= 15 is 0 Å². The van der Waals surface area contributed by atoms with Gasteiger partial charge in [-0.05, 0) is 12.0 Å². The zero-order valence-corrected chi connectivity index (χ0v) is 11.0. The summed E-state index contributed by atoms with van der Waals surface area (Å²) < 4.78 is 1.75. The Morgan fingerprint density at radius 2 is 2.16 bits per heavy atom. The molecule has 2 N–H and O–H groups in total. The Balaban J connectivity index is 2.19. The maximum Gasteiger partial charge on any atom is 0.226 e. The molecule has 0 atom stereocenters. The molecule has 0 bridgehead atoms. The molecule has 0 aromatic carbocycles. The average Bonchev–Trinajstić information content (AvgIpc) is 3.06. The third-order valence-electron chi connectivity index (χ3n) is 2.91. The highest BCUT2D eigenvalue weighted by molar-refractivity contribution is 5.79. The van der Waals surface area contributed by atoms with E-state index in [4.69, 9.17) is 0 Å². The van der Waals surface area contributed by atoms with Gasteiger partial charge < -0.3 is 10.3 Å². The molecular formula is C12H15N7. The van der Waals surface area contributed by atoms with E-state index < -0.39 is 0 Å². The number of anilines is 1. The highest BCUT2D eigenvalue weighted by Crippen LogP contribution is 2.19. The van der Waals surface area contributed by atoms with Gasteiger partial charge in [0.2, 0.25) is 5.95 Å². The molecule has 0 aliphatic heterocycles. The highest BCUT2D eigenvalue weighted by Gasteiger charge is 2.13. The number of aromatic amines is 1. The number of H-pyrrole nitrogens is 1. The van der Waals surface area contributed by atoms with Crippen LogP contribution in [0.25, 0.3) is 17.0 Å². The average molecular weight is 257 g/mol. The summed E-state index contributed by atoms with van der Waals surface area (Å²) in [5.41, 5.74) is 2.42. The monoisotopic (exact) mass is 257 g/mol. The zero-order valence-electron chi connectivity index (χ0n) is 11.0. The Kier molecular flexibility index (Phi) is 2.66. The lowest BCUT2D eigenvalue weighted by atomic mass is 10.1. The molecule has 98 valence electrons. The van der Waals surface area contributed by atoms with Crippen LogP contribution in [-0.4, -0.2) is 36.8 Å². The van der Waals surface area contributed by atoms with Gasteiger partial charge in [0, 0.05) is 13.2 Å². The van der Waals surface area contributed by atoms with Gasteiger partial charge in [0.05, 0.1) is 12.0 Å². The second-order valence-corrected chi connectivity index (χ2v) is 4.56. The first-order chi connectivity index (χ1) is 9.19. The molecule has 3 rings (SSSR count). The van der Waals surface area contributed by atoms with E-state index in [1.54, 1.807) is 18.1 Å². The predicted molar refractivity (Wildman–Crippen MR) is 72.4 cm³/mol. The van der Waals surface area contributed by atoms with E-state index in [0.29, 0.717) is 23.3 Å². The second-order valence-electron chi connectivity index (χ2n) is 4.56. The van der Waals surface area contributed by atoms with Crippen molar-refractivity contribution in [2.24, 2.45) is 0 Å². The second kappa shape index (κ2) is 4.34. The van der Waals surface area contributed by atoms with Gasteiger partial charge >= 0.3 is 0 Å². The van der Waals surface area contributed by atoms with Gasteiger partial charge in [0.15, 0.2) is 11.5 Å². The molecular weight excluding hydrogens is 242 g/mol. The molecule has 0 saturated carbocycles. The SMILES string of the molecule is CNc1nc(-n2ccc(C(C)C)n2)c2[nH]cnc2n1. The van der Waals surface area contributed by atoms with Gasteiger partial charge in [0.25, 0.3) is 0 Å². The molecule has 3 aromatic rings. The van der Waals surface area contributed by atoms with Crippen molar-refractivity contribution in [1.82, 2.24) is 29.7 Å². The molecule has 7 heteroatoms. The molecule has 0 spiro atoms. The third-order valence-corrected chi connectivity index (χ3v) is 2.91. The maximum absolute atomic E-state index is 4.54. The standard InChI is InChI=1S/C12H15N7/c1-7(2)8-4-5-19(18-8)11-9-10(15-6-14-9)16-12(13-3)17-11/h4-7H,1-3H3,(H2,13,14,15,16,17). The molecule has 0 amide bonds. The summed E-state index contributed by atoms with van der Waals surface area (Å²) in [5, 5.41) is 7.47. The summed E-state index contributed by atoms with van der Waals surface area (Å²) in [5.74, 6) is 1.60. The van der Waals surface area contributed by atoms with Gasteiger partial charge in [-0.15, -0.1) is 0 Å². The first kappa shape index (κ1) is 11.6. The molecule has 0 saturated heterocycles. The van der Waals surface area contributed by atoms with Crippen molar-refractivity contribution >= 4 is 17.1 Å². The largest absolute Gasteiger partial charge is 0.357 e. The van der Waals surface area contributed by atoms with Gasteiger partial charge in [0.1, 0.15) is 5.52 Å². The third kappa shape index (κ3) is 1.92. The fraction of sp³-hybridized carbons (Fsp3) is 0.333. The van der Waals surface area contributed by atoms with Crippen LogP contribution in [0.2, 0.25) is 0 Å². The van der Waals surface area contributed by atoms with Crippen LogP contribution in [0.3, 0.4) is 0 Å². The normalized spacial score (nSPS) is 11.4. The van der Waals surface area contributed by atoms with Gasteiger partial charge in [-0.25, -0.2) is 9.67 Å². The van der Waals surface area contributed by atoms with E-state index in [1.807, 2.05) is 12.3 Å². The van der Waals surface area contributed by atoms with Crippen molar-refractivity contribution in [2.45, 2.75) is 19.8 Å². The summed E-state index contributed by atoms with van der Waals surface area (Å²) in [6.45, 7) is 4.22. The Morgan fingerprint density at radius 3 is 2.84 bits per heavy atom. The lowest BCUT2D eigenvalue weighted by Gasteiger charge is -2.05. The summed E-state index contributed by atoms with van der Waals surface area (Å²) in [4.78, 5) is 15.9. The van der Waals surface area contributed by atoms with Crippen LogP contribution in [0.5, 0.6) is 0 Å². The fourth-order valence-electron chi connectivity index (χ4n) is 1.86. The number of rotatable bonds is 3. The van der Waals surface area contributed by atoms with Crippen LogP contribution in [-0.2, 0) is 0 Å². The first-order valence-corrected chi connectivity index (χ1v) is 6.14. The number of imidazole rings is 1. The molecule has 0 aliphatic carbocycles. The molecule has 3 heterocycles. The topological polar surface area (TPSA) is 84.3 Å². The van der Waals surface area contributed by atoms with Gasteiger partial charge in [-0.3, -0.25) is 0 Å². The van der Waals surface area contributed by atoms with Crippen molar-refractivity contribution in [2.75, 3.05) is 12.4 Å². The number of hydrogen-bond acceptors (Lipinski definition) is 5. The summed E-state index contributed by atoms with van der Waals surface area (Å²) in [6, 6.07) is 1.99. The van der Waals surface area contributed by atoms with Crippen molar-refractivity contribution in [3.63, 3.8) is 0 Å². The van der Waals surface area contributed by atoms with Gasteiger partial charge in [-0.1, -0.05) is 13.8 Å². The number of hydrogen-bond donors (Lipinski definition) is 2. The van der Waals surface area contributed by atoms with E-state index in [-0.39, 0.29) is 0 Å². The summed E-state index contributed by atoms with van der Waals surface area (Å²) in [6.07, 6.45) is 3.51. The van der Waals surface area contributed by atoms with E-state index in [2.05, 4.69) is 44.2 Å². The van der Waals surface area contributed by atoms with Crippen LogP contribution >= 0.6 is 0 Å². The van der Waals surface area contributed by atoms with Crippen molar-refractivity contribution in [3.8, 4) is 5.82 Å². The molecule has 0 unspecified atom stereocenters. The number of nitrogens with one attached hydrogen (secondary N) is 2. The van der Waals surface area contributed by atoms with Crippen molar-refractivity contribution in [1.29, 1.82) is 0 Å². The maximum atomic E-state index is 4.54. The van der Waals surface area contributed by atoms with Crippen LogP contribution in [0, 0.1) is 0 Å². The van der Waals surface area contributed by atoms with E-state index in [0.717, 1.165) is 11.2 Å². The number of nitrogens with zero attached hydrogens (tertiary/aromatic N) is 5. The molecule has 19 heavy (non-hydrogen) atoms. The molecule has 7 nitrogen and oxygen atoms in total. The molecule has 0 aliphatic rings. The quantitative estimate of drug-likeness (QED) is 0.746. The Bertz CT molecular complexity index is 710. The Labute approximate surface area is 110 Å². The molecule has 0 fully saturated rings. The Morgan fingerprint density at radius 1 is 1.32 bits per heavy atom. The Hall–Kier alpha value is -2.44. The zero-order chi connectivity index (χ0) is 13.4. The van der Waals surface area contributed by atoms with Gasteiger partial charge in [-0.2, -0.15) is 15.1 Å². The first-order valence-electron chi connectivity index (χ1n) is 6.14. The smallest absolute Gasteiger partial charge is 0.226 e. The minimum absolute atomic E-state index is 0.379. The lowest BCUT2D eigenvalue weighted by molar-refractivity contribution is 0.759. The minimum Gasteiger partial charge on any atom is -0.357 e. The molecule has 3 aromatic heterocycles. The summed E-state index contributed by atoms with van der Waals surface area (Å²) >= 11 is 0. The highest BCUT2D eigenvalue weighted by atomic mass is 15.3. The van der Waals surface area contributed by atoms with Crippen LogP contribution in [0.4, 0.5) is 5.95 Å².